The lowest BCUT2D eigenvalue weighted by atomic mass is 10.1. The van der Waals surface area contributed by atoms with E-state index in [1.807, 2.05) is 35.2 Å². The fourth-order valence-corrected chi connectivity index (χ4v) is 3.88. The lowest BCUT2D eigenvalue weighted by Gasteiger charge is -2.35. The summed E-state index contributed by atoms with van der Waals surface area (Å²) in [4.78, 5) is 24.6. The molecule has 1 fully saturated rings. The molecule has 1 aliphatic rings. The lowest BCUT2D eigenvalue weighted by Crippen LogP contribution is -2.48. The first kappa shape index (κ1) is 22.2. The minimum Gasteiger partial charge on any atom is -0.379 e. The second kappa shape index (κ2) is 11.1. The van der Waals surface area contributed by atoms with E-state index in [1.54, 1.807) is 6.20 Å². The summed E-state index contributed by atoms with van der Waals surface area (Å²) in [5, 5.41) is 0. The van der Waals surface area contributed by atoms with Gasteiger partial charge in [-0.25, -0.2) is 4.98 Å². The molecule has 3 rings (SSSR count). The summed E-state index contributed by atoms with van der Waals surface area (Å²) in [6.07, 6.45) is 1.72. The van der Waals surface area contributed by atoms with Crippen molar-refractivity contribution in [3.63, 3.8) is 0 Å². The van der Waals surface area contributed by atoms with Crippen molar-refractivity contribution in [1.29, 1.82) is 0 Å². The van der Waals surface area contributed by atoms with Gasteiger partial charge in [-0.3, -0.25) is 9.69 Å². The number of pyridine rings is 1. The van der Waals surface area contributed by atoms with E-state index < -0.39 is 0 Å². The fraction of sp³-hybridized carbons (Fsp3) is 0.500. The van der Waals surface area contributed by atoms with Gasteiger partial charge in [-0.15, -0.1) is 0 Å². The van der Waals surface area contributed by atoms with E-state index in [0.29, 0.717) is 12.1 Å². The minimum atomic E-state index is 0.0261. The Bertz CT molecular complexity index is 772. The molecule has 2 heterocycles. The SMILES string of the molecule is CCN(CC)c1ccc(C(=O)N(Cc2ccccc2)C(C)CN2CCOCC2)cn1. The zero-order valence-electron chi connectivity index (χ0n) is 18.5. The molecule has 1 saturated heterocycles. The number of aromatic nitrogens is 1. The van der Waals surface area contributed by atoms with Gasteiger partial charge >= 0.3 is 0 Å². The van der Waals surface area contributed by atoms with Crippen molar-refractivity contribution >= 4 is 11.7 Å². The topological polar surface area (TPSA) is 48.9 Å². The predicted octanol–water partition coefficient (Wildman–Crippen LogP) is 3.29. The zero-order chi connectivity index (χ0) is 21.3. The number of carbonyl (C=O) groups is 1. The van der Waals surface area contributed by atoms with Crippen molar-refractivity contribution in [3.05, 3.63) is 59.8 Å². The van der Waals surface area contributed by atoms with Crippen LogP contribution in [0.4, 0.5) is 5.82 Å². The Hall–Kier alpha value is -2.44. The highest BCUT2D eigenvalue weighted by molar-refractivity contribution is 5.94. The van der Waals surface area contributed by atoms with Gasteiger partial charge in [0.2, 0.25) is 0 Å². The van der Waals surface area contributed by atoms with Gasteiger partial charge in [0, 0.05) is 51.5 Å². The zero-order valence-corrected chi connectivity index (χ0v) is 18.5. The van der Waals surface area contributed by atoms with E-state index in [1.165, 1.54) is 0 Å². The summed E-state index contributed by atoms with van der Waals surface area (Å²) in [6.45, 7) is 12.9. The third-order valence-corrected chi connectivity index (χ3v) is 5.70. The summed E-state index contributed by atoms with van der Waals surface area (Å²) in [5.41, 5.74) is 1.77. The molecule has 0 N–H and O–H groups in total. The molecule has 6 heteroatoms. The molecule has 1 atom stereocenters. The van der Waals surface area contributed by atoms with Crippen LogP contribution in [-0.2, 0) is 11.3 Å². The smallest absolute Gasteiger partial charge is 0.256 e. The Morgan fingerprint density at radius 2 is 1.80 bits per heavy atom. The van der Waals surface area contributed by atoms with Crippen LogP contribution >= 0.6 is 0 Å². The first-order valence-electron chi connectivity index (χ1n) is 11.0. The summed E-state index contributed by atoms with van der Waals surface area (Å²) in [6, 6.07) is 14.1. The van der Waals surface area contributed by atoms with Gasteiger partial charge < -0.3 is 14.5 Å². The van der Waals surface area contributed by atoms with Gasteiger partial charge in [0.1, 0.15) is 5.82 Å². The lowest BCUT2D eigenvalue weighted by molar-refractivity contribution is 0.0228. The highest BCUT2D eigenvalue weighted by atomic mass is 16.5. The standard InChI is InChI=1S/C24H34N4O2/c1-4-27(5-2)23-12-11-22(17-25-23)24(29)28(19-21-9-7-6-8-10-21)20(3)18-26-13-15-30-16-14-26/h6-12,17,20H,4-5,13-16,18-19H2,1-3H3. The summed E-state index contributed by atoms with van der Waals surface area (Å²) >= 11 is 0. The third-order valence-electron chi connectivity index (χ3n) is 5.70. The number of anilines is 1. The number of benzene rings is 1. The molecule has 0 bridgehead atoms. The number of ether oxygens (including phenoxy) is 1. The number of morpholine rings is 1. The van der Waals surface area contributed by atoms with Crippen LogP contribution in [0.25, 0.3) is 0 Å². The number of hydrogen-bond donors (Lipinski definition) is 0. The normalized spacial score (nSPS) is 15.6. The van der Waals surface area contributed by atoms with Crippen LogP contribution in [0, 0.1) is 0 Å². The molecule has 1 unspecified atom stereocenters. The van der Waals surface area contributed by atoms with Crippen molar-refractivity contribution in [1.82, 2.24) is 14.8 Å². The largest absolute Gasteiger partial charge is 0.379 e. The first-order chi connectivity index (χ1) is 14.6. The van der Waals surface area contributed by atoms with Crippen LogP contribution in [0.15, 0.2) is 48.7 Å². The maximum absolute atomic E-state index is 13.5. The van der Waals surface area contributed by atoms with Crippen LogP contribution < -0.4 is 4.90 Å². The maximum atomic E-state index is 13.5. The molecule has 1 aromatic carbocycles. The molecular weight excluding hydrogens is 376 g/mol. The Balaban J connectivity index is 1.78. The average Bonchev–Trinajstić information content (AvgIpc) is 2.79. The Labute approximate surface area is 180 Å². The fourth-order valence-electron chi connectivity index (χ4n) is 3.88. The van der Waals surface area contributed by atoms with Crippen LogP contribution in [0.2, 0.25) is 0 Å². The van der Waals surface area contributed by atoms with Gasteiger partial charge in [0.25, 0.3) is 5.91 Å². The molecule has 2 aromatic rings. The molecule has 6 nitrogen and oxygen atoms in total. The maximum Gasteiger partial charge on any atom is 0.256 e. The van der Waals surface area contributed by atoms with Gasteiger partial charge in [-0.1, -0.05) is 30.3 Å². The summed E-state index contributed by atoms with van der Waals surface area (Å²) in [7, 11) is 0. The Morgan fingerprint density at radius 3 is 2.40 bits per heavy atom. The van der Waals surface area contributed by atoms with Gasteiger partial charge in [-0.2, -0.15) is 0 Å². The van der Waals surface area contributed by atoms with Crippen molar-refractivity contribution in [2.75, 3.05) is 50.8 Å². The molecule has 0 saturated carbocycles. The summed E-state index contributed by atoms with van der Waals surface area (Å²) in [5.74, 6) is 0.936. The van der Waals surface area contributed by atoms with E-state index in [9.17, 15) is 4.79 Å². The van der Waals surface area contributed by atoms with Crippen molar-refractivity contribution < 1.29 is 9.53 Å². The monoisotopic (exact) mass is 410 g/mol. The number of amides is 1. The number of hydrogen-bond acceptors (Lipinski definition) is 5. The van der Waals surface area contributed by atoms with E-state index in [0.717, 1.165) is 57.3 Å². The van der Waals surface area contributed by atoms with Crippen LogP contribution in [0.3, 0.4) is 0 Å². The average molecular weight is 411 g/mol. The molecule has 1 aliphatic heterocycles. The second-order valence-corrected chi connectivity index (χ2v) is 7.76. The van der Waals surface area contributed by atoms with E-state index in [4.69, 9.17) is 4.74 Å². The molecule has 1 aromatic heterocycles. The first-order valence-corrected chi connectivity index (χ1v) is 11.0. The van der Waals surface area contributed by atoms with Gasteiger partial charge in [-0.05, 0) is 38.5 Å². The third kappa shape index (κ3) is 5.80. The number of carbonyl (C=O) groups excluding carboxylic acids is 1. The van der Waals surface area contributed by atoms with E-state index in [2.05, 4.69) is 47.7 Å². The number of rotatable bonds is 9. The Kier molecular flexibility index (Phi) is 8.22. The van der Waals surface area contributed by atoms with Crippen LogP contribution in [0.1, 0.15) is 36.7 Å². The summed E-state index contributed by atoms with van der Waals surface area (Å²) < 4.78 is 5.47. The molecular formula is C24H34N4O2. The van der Waals surface area contributed by atoms with E-state index >= 15 is 0 Å². The quantitative estimate of drug-likeness (QED) is 0.635. The highest BCUT2D eigenvalue weighted by Gasteiger charge is 2.25. The second-order valence-electron chi connectivity index (χ2n) is 7.76. The van der Waals surface area contributed by atoms with Crippen molar-refractivity contribution in [3.8, 4) is 0 Å². The molecule has 162 valence electrons. The van der Waals surface area contributed by atoms with Gasteiger partial charge in [0.15, 0.2) is 0 Å². The van der Waals surface area contributed by atoms with Crippen molar-refractivity contribution in [2.24, 2.45) is 0 Å². The molecule has 0 radical (unpaired) electrons. The Morgan fingerprint density at radius 1 is 1.10 bits per heavy atom. The number of nitrogens with zero attached hydrogens (tertiary/aromatic N) is 4. The van der Waals surface area contributed by atoms with Gasteiger partial charge in [0.05, 0.1) is 18.8 Å². The van der Waals surface area contributed by atoms with Crippen LogP contribution in [0.5, 0.6) is 0 Å². The minimum absolute atomic E-state index is 0.0261. The molecule has 30 heavy (non-hydrogen) atoms. The van der Waals surface area contributed by atoms with Crippen molar-refractivity contribution in [2.45, 2.75) is 33.4 Å². The highest BCUT2D eigenvalue weighted by Crippen LogP contribution is 2.17. The van der Waals surface area contributed by atoms with Crippen LogP contribution in [-0.4, -0.2) is 72.7 Å². The van der Waals surface area contributed by atoms with E-state index in [-0.39, 0.29) is 11.9 Å². The molecule has 0 spiro atoms. The predicted molar refractivity (Wildman–Crippen MR) is 121 cm³/mol. The molecule has 1 amide bonds. The molecule has 0 aliphatic carbocycles.